The second-order valence-corrected chi connectivity index (χ2v) is 8.85. The van der Waals surface area contributed by atoms with Crippen LogP contribution in [-0.4, -0.2) is 25.5 Å². The molecule has 0 saturated carbocycles. The van der Waals surface area contributed by atoms with Crippen molar-refractivity contribution in [1.29, 1.82) is 0 Å². The van der Waals surface area contributed by atoms with Crippen LogP contribution in [0.1, 0.15) is 19.4 Å². The SMILES string of the molecule is CCN1C(=C=CN(OC(C)=O)c2ccccc2)Oc2ccccc21.Cc1ccc(S(=O)(=O)O)cc1. The number of hydroxylamine groups is 1. The van der Waals surface area contributed by atoms with Gasteiger partial charge in [-0.3, -0.25) is 4.55 Å². The maximum atomic E-state index is 11.4. The van der Waals surface area contributed by atoms with Crippen molar-refractivity contribution in [3.63, 3.8) is 0 Å². The third-order valence-electron chi connectivity index (χ3n) is 4.79. The molecule has 1 aliphatic rings. The number of hydrogen-bond donors (Lipinski definition) is 1. The van der Waals surface area contributed by atoms with E-state index in [-0.39, 0.29) is 4.90 Å². The lowest BCUT2D eigenvalue weighted by atomic mass is 10.2. The summed E-state index contributed by atoms with van der Waals surface area (Å²) in [6.45, 7) is 5.98. The number of fused-ring (bicyclic) bond motifs is 1. The van der Waals surface area contributed by atoms with Crippen LogP contribution in [0, 0.1) is 6.92 Å². The Bertz CT molecular complexity index is 1330. The van der Waals surface area contributed by atoms with Crippen molar-refractivity contribution in [3.05, 3.63) is 102 Å². The van der Waals surface area contributed by atoms with E-state index in [0.29, 0.717) is 5.88 Å². The number of carbonyl (C=O) groups is 1. The molecule has 4 rings (SSSR count). The van der Waals surface area contributed by atoms with Crippen LogP contribution in [0.2, 0.25) is 0 Å². The Morgan fingerprint density at radius 3 is 2.29 bits per heavy atom. The number of benzene rings is 3. The lowest BCUT2D eigenvalue weighted by Gasteiger charge is -2.17. The zero-order valence-corrected chi connectivity index (χ0v) is 20.4. The van der Waals surface area contributed by atoms with Gasteiger partial charge in [-0.05, 0) is 56.0 Å². The lowest BCUT2D eigenvalue weighted by molar-refractivity contribution is -0.141. The Morgan fingerprint density at radius 2 is 1.69 bits per heavy atom. The second-order valence-electron chi connectivity index (χ2n) is 7.42. The fourth-order valence-corrected chi connectivity index (χ4v) is 3.63. The minimum Gasteiger partial charge on any atom is -0.432 e. The van der Waals surface area contributed by atoms with Crippen molar-refractivity contribution in [3.8, 4) is 5.75 Å². The minimum atomic E-state index is -4.02. The second kappa shape index (κ2) is 11.4. The van der Waals surface area contributed by atoms with Gasteiger partial charge < -0.3 is 14.5 Å². The molecule has 35 heavy (non-hydrogen) atoms. The number of nitrogens with zero attached hydrogens (tertiary/aromatic N) is 2. The first-order valence-corrected chi connectivity index (χ1v) is 12.2. The topological polar surface area (TPSA) is 96.4 Å². The lowest BCUT2D eigenvalue weighted by Crippen LogP contribution is -2.21. The van der Waals surface area contributed by atoms with E-state index in [1.54, 1.807) is 18.3 Å². The van der Waals surface area contributed by atoms with Gasteiger partial charge in [0.15, 0.2) is 5.75 Å². The molecule has 1 heterocycles. The molecule has 1 N–H and O–H groups in total. The first-order chi connectivity index (χ1) is 16.7. The predicted molar refractivity (Wildman–Crippen MR) is 133 cm³/mol. The van der Waals surface area contributed by atoms with Crippen molar-refractivity contribution in [2.45, 2.75) is 25.7 Å². The van der Waals surface area contributed by atoms with Gasteiger partial charge in [-0.25, -0.2) is 4.79 Å². The minimum absolute atomic E-state index is 0.0666. The summed E-state index contributed by atoms with van der Waals surface area (Å²) in [6.07, 6.45) is 1.56. The summed E-state index contributed by atoms with van der Waals surface area (Å²) in [5, 5.41) is 1.37. The predicted octanol–water partition coefficient (Wildman–Crippen LogP) is 5.09. The van der Waals surface area contributed by atoms with Crippen LogP contribution in [0.15, 0.2) is 102 Å². The van der Waals surface area contributed by atoms with Gasteiger partial charge in [0.1, 0.15) is 0 Å². The fraction of sp³-hybridized carbons (Fsp3) is 0.154. The van der Waals surface area contributed by atoms with E-state index >= 15 is 0 Å². The molecule has 0 amide bonds. The van der Waals surface area contributed by atoms with E-state index in [2.05, 4.69) is 5.73 Å². The van der Waals surface area contributed by atoms with Gasteiger partial charge in [0.25, 0.3) is 10.1 Å². The fourth-order valence-electron chi connectivity index (χ4n) is 3.15. The maximum absolute atomic E-state index is 11.4. The molecule has 3 aromatic rings. The van der Waals surface area contributed by atoms with E-state index < -0.39 is 16.1 Å². The van der Waals surface area contributed by atoms with Gasteiger partial charge in [0.2, 0.25) is 5.88 Å². The van der Waals surface area contributed by atoms with Gasteiger partial charge >= 0.3 is 5.97 Å². The monoisotopic (exact) mass is 494 g/mol. The molecule has 0 atom stereocenters. The van der Waals surface area contributed by atoms with Gasteiger partial charge in [-0.15, -0.1) is 0 Å². The number of rotatable bonds is 5. The van der Waals surface area contributed by atoms with Crippen LogP contribution in [0.5, 0.6) is 5.75 Å². The molecular formula is C26H26N2O6S. The highest BCUT2D eigenvalue weighted by Crippen LogP contribution is 2.37. The van der Waals surface area contributed by atoms with E-state index in [9.17, 15) is 13.2 Å². The van der Waals surface area contributed by atoms with Gasteiger partial charge in [0.05, 0.1) is 22.5 Å². The summed E-state index contributed by atoms with van der Waals surface area (Å²) in [4.78, 5) is 18.5. The standard InChI is InChI=1S/C19H18N2O3.C7H8O3S/c1-3-20-17-11-7-8-12-18(17)23-19(20)13-14-21(24-15(2)22)16-9-5-4-6-10-16;1-6-2-4-7(5-3-6)11(8,9)10/h4-12,14H,3H2,1-2H3;2-5H,1H3,(H,8,9,10). The third kappa shape index (κ3) is 6.97. The van der Waals surface area contributed by atoms with E-state index in [4.69, 9.17) is 14.1 Å². The third-order valence-corrected chi connectivity index (χ3v) is 5.65. The highest BCUT2D eigenvalue weighted by atomic mass is 32.2. The zero-order valence-electron chi connectivity index (χ0n) is 19.6. The van der Waals surface area contributed by atoms with Crippen LogP contribution in [0.3, 0.4) is 0 Å². The summed E-state index contributed by atoms with van der Waals surface area (Å²) in [5.74, 6) is 0.936. The molecule has 9 heteroatoms. The molecule has 1 aliphatic heterocycles. The van der Waals surface area contributed by atoms with Gasteiger partial charge in [0, 0.05) is 13.5 Å². The summed E-state index contributed by atoms with van der Waals surface area (Å²) in [7, 11) is -4.02. The highest BCUT2D eigenvalue weighted by molar-refractivity contribution is 7.85. The number of ether oxygens (including phenoxy) is 1. The average Bonchev–Trinajstić information content (AvgIpc) is 3.19. The Labute approximate surface area is 205 Å². The summed E-state index contributed by atoms with van der Waals surface area (Å²) >= 11 is 0. The van der Waals surface area contributed by atoms with E-state index in [0.717, 1.165) is 29.2 Å². The van der Waals surface area contributed by atoms with Crippen molar-refractivity contribution < 1.29 is 27.3 Å². The van der Waals surface area contributed by atoms with Gasteiger partial charge in [-0.2, -0.15) is 13.5 Å². The Morgan fingerprint density at radius 1 is 1.06 bits per heavy atom. The highest BCUT2D eigenvalue weighted by Gasteiger charge is 2.24. The summed E-state index contributed by atoms with van der Waals surface area (Å²) < 4.78 is 35.4. The van der Waals surface area contributed by atoms with Crippen LogP contribution in [0.25, 0.3) is 0 Å². The van der Waals surface area contributed by atoms with Crippen molar-refractivity contribution in [2.75, 3.05) is 16.5 Å². The van der Waals surface area contributed by atoms with Crippen LogP contribution in [-0.2, 0) is 19.8 Å². The summed E-state index contributed by atoms with van der Waals surface area (Å²) in [5.41, 5.74) is 5.75. The molecule has 0 bridgehead atoms. The molecule has 0 fully saturated rings. The quantitative estimate of drug-likeness (QED) is 0.298. The Kier molecular flexibility index (Phi) is 8.33. The Hall–Kier alpha value is -4.04. The number of aryl methyl sites for hydroxylation is 1. The largest absolute Gasteiger partial charge is 0.432 e. The first-order valence-electron chi connectivity index (χ1n) is 10.8. The van der Waals surface area contributed by atoms with Crippen LogP contribution >= 0.6 is 0 Å². The smallest absolute Gasteiger partial charge is 0.329 e. The maximum Gasteiger partial charge on any atom is 0.329 e. The van der Waals surface area contributed by atoms with E-state index in [1.165, 1.54) is 24.1 Å². The Balaban J connectivity index is 0.000000261. The van der Waals surface area contributed by atoms with Crippen LogP contribution in [0.4, 0.5) is 11.4 Å². The summed E-state index contributed by atoms with van der Waals surface area (Å²) in [6, 6.07) is 23.1. The molecule has 0 radical (unpaired) electrons. The molecule has 0 aliphatic carbocycles. The molecule has 8 nitrogen and oxygen atoms in total. The molecule has 0 saturated heterocycles. The molecule has 0 aromatic heterocycles. The number of anilines is 2. The number of hydrogen-bond acceptors (Lipinski definition) is 7. The number of carbonyl (C=O) groups excluding carboxylic acids is 1. The molecular weight excluding hydrogens is 468 g/mol. The van der Waals surface area contributed by atoms with Gasteiger partial charge in [-0.1, -0.05) is 48.0 Å². The van der Waals surface area contributed by atoms with Crippen molar-refractivity contribution >= 4 is 27.5 Å². The molecule has 0 unspecified atom stereocenters. The van der Waals surface area contributed by atoms with Crippen LogP contribution < -0.4 is 14.7 Å². The first kappa shape index (κ1) is 25.6. The van der Waals surface area contributed by atoms with Crippen molar-refractivity contribution in [1.82, 2.24) is 0 Å². The molecule has 3 aromatic carbocycles. The van der Waals surface area contributed by atoms with E-state index in [1.807, 2.05) is 73.3 Å². The average molecular weight is 495 g/mol. The number of para-hydroxylation sites is 3. The molecule has 182 valence electrons. The zero-order chi connectivity index (χ0) is 25.4. The molecule has 0 spiro atoms. The van der Waals surface area contributed by atoms with Crippen molar-refractivity contribution in [2.24, 2.45) is 0 Å². The normalized spacial score (nSPS) is 11.9.